The fourth-order valence-corrected chi connectivity index (χ4v) is 4.10. The zero-order valence-corrected chi connectivity index (χ0v) is 13.4. The first-order valence-electron chi connectivity index (χ1n) is 6.67. The Morgan fingerprint density at radius 1 is 1.29 bits per heavy atom. The van der Waals surface area contributed by atoms with E-state index in [9.17, 15) is 9.59 Å². The van der Waals surface area contributed by atoms with Crippen LogP contribution in [0, 0.1) is 0 Å². The summed E-state index contributed by atoms with van der Waals surface area (Å²) in [7, 11) is 0. The van der Waals surface area contributed by atoms with Crippen LogP contribution in [0.3, 0.4) is 0 Å². The van der Waals surface area contributed by atoms with Gasteiger partial charge in [0.05, 0.1) is 5.02 Å². The predicted molar refractivity (Wildman–Crippen MR) is 84.5 cm³/mol. The first-order valence-corrected chi connectivity index (χ1v) is 8.25. The fourth-order valence-electron chi connectivity index (χ4n) is 2.43. The Balaban J connectivity index is 1.87. The van der Waals surface area contributed by atoms with Gasteiger partial charge in [-0.05, 0) is 31.4 Å². The standard InChI is InChI=1S/C15H12Cl2O3S/c16-8-5-6-9-12(7-8)21-14(13(9)17)15(19)20-11-4-2-1-3-10(11)18/h5-7,11H,1-4H2/t11-/m0/s1. The third-order valence-electron chi connectivity index (χ3n) is 3.52. The Morgan fingerprint density at radius 3 is 2.86 bits per heavy atom. The zero-order chi connectivity index (χ0) is 15.0. The van der Waals surface area contributed by atoms with Crippen molar-refractivity contribution in [2.24, 2.45) is 0 Å². The molecule has 0 unspecified atom stereocenters. The number of rotatable bonds is 2. The minimum Gasteiger partial charge on any atom is -0.450 e. The predicted octanol–water partition coefficient (Wildman–Crippen LogP) is 4.88. The van der Waals surface area contributed by atoms with Crippen LogP contribution in [0.2, 0.25) is 10.0 Å². The number of halogens is 2. The normalized spacial score (nSPS) is 19.0. The molecule has 0 bridgehead atoms. The number of ketones is 1. The van der Waals surface area contributed by atoms with E-state index in [2.05, 4.69) is 0 Å². The van der Waals surface area contributed by atoms with E-state index in [-0.39, 0.29) is 5.78 Å². The summed E-state index contributed by atoms with van der Waals surface area (Å²) in [6, 6.07) is 5.26. The third kappa shape index (κ3) is 2.93. The quantitative estimate of drug-likeness (QED) is 0.730. The van der Waals surface area contributed by atoms with Crippen molar-refractivity contribution in [2.75, 3.05) is 0 Å². The van der Waals surface area contributed by atoms with Crippen molar-refractivity contribution in [3.8, 4) is 0 Å². The van der Waals surface area contributed by atoms with Crippen molar-refractivity contribution in [1.82, 2.24) is 0 Å². The molecule has 1 aliphatic carbocycles. The molecule has 1 aromatic carbocycles. The summed E-state index contributed by atoms with van der Waals surface area (Å²) >= 11 is 13.4. The van der Waals surface area contributed by atoms with Gasteiger partial charge in [0.2, 0.25) is 0 Å². The van der Waals surface area contributed by atoms with Crippen molar-refractivity contribution in [1.29, 1.82) is 0 Å². The summed E-state index contributed by atoms with van der Waals surface area (Å²) in [6.07, 6.45) is 2.22. The number of Topliss-reactive ketones (excluding diaryl/α,β-unsaturated/α-hetero) is 1. The second kappa shape index (κ2) is 5.95. The number of benzene rings is 1. The zero-order valence-electron chi connectivity index (χ0n) is 11.0. The molecule has 0 aliphatic heterocycles. The SMILES string of the molecule is O=C(O[C@H]1CCCCC1=O)c1sc2cc(Cl)ccc2c1Cl. The van der Waals surface area contributed by atoms with Crippen LogP contribution in [0.15, 0.2) is 18.2 Å². The first-order chi connectivity index (χ1) is 10.1. The number of carbonyl (C=O) groups is 2. The van der Waals surface area contributed by atoms with Gasteiger partial charge in [0.25, 0.3) is 0 Å². The molecule has 1 aliphatic rings. The molecule has 1 saturated carbocycles. The van der Waals surface area contributed by atoms with Crippen LogP contribution < -0.4 is 0 Å². The lowest BCUT2D eigenvalue weighted by molar-refractivity contribution is -0.129. The molecule has 0 radical (unpaired) electrons. The number of thiophene rings is 1. The summed E-state index contributed by atoms with van der Waals surface area (Å²) in [6.45, 7) is 0. The maximum absolute atomic E-state index is 12.3. The van der Waals surface area contributed by atoms with Crippen LogP contribution in [0.1, 0.15) is 35.4 Å². The molecule has 3 nitrogen and oxygen atoms in total. The monoisotopic (exact) mass is 342 g/mol. The lowest BCUT2D eigenvalue weighted by Crippen LogP contribution is -2.29. The largest absolute Gasteiger partial charge is 0.450 e. The number of ether oxygens (including phenoxy) is 1. The molecule has 110 valence electrons. The molecule has 1 heterocycles. The van der Waals surface area contributed by atoms with E-state index in [1.54, 1.807) is 18.2 Å². The number of esters is 1. The lowest BCUT2D eigenvalue weighted by Gasteiger charge is -2.20. The maximum atomic E-state index is 12.3. The van der Waals surface area contributed by atoms with E-state index in [1.165, 1.54) is 11.3 Å². The van der Waals surface area contributed by atoms with E-state index in [0.29, 0.717) is 27.8 Å². The highest BCUT2D eigenvalue weighted by Gasteiger charge is 2.28. The van der Waals surface area contributed by atoms with Gasteiger partial charge in [-0.3, -0.25) is 4.79 Å². The van der Waals surface area contributed by atoms with Crippen LogP contribution in [0.25, 0.3) is 10.1 Å². The number of hydrogen-bond donors (Lipinski definition) is 0. The maximum Gasteiger partial charge on any atom is 0.350 e. The van der Waals surface area contributed by atoms with Gasteiger partial charge < -0.3 is 4.74 Å². The molecule has 0 amide bonds. The fraction of sp³-hybridized carbons (Fsp3) is 0.333. The van der Waals surface area contributed by atoms with Crippen LogP contribution in [-0.2, 0) is 9.53 Å². The van der Waals surface area contributed by atoms with Crippen LogP contribution in [-0.4, -0.2) is 17.9 Å². The molecule has 1 fully saturated rings. The van der Waals surface area contributed by atoms with E-state index in [4.69, 9.17) is 27.9 Å². The molecule has 1 aromatic heterocycles. The molecule has 1 atom stereocenters. The van der Waals surface area contributed by atoms with E-state index in [0.717, 1.165) is 22.9 Å². The number of carbonyl (C=O) groups excluding carboxylic acids is 2. The van der Waals surface area contributed by atoms with Crippen LogP contribution in [0.4, 0.5) is 0 Å². The molecule has 0 spiro atoms. The molecule has 0 saturated heterocycles. The highest BCUT2D eigenvalue weighted by Crippen LogP contribution is 2.37. The van der Waals surface area contributed by atoms with Gasteiger partial charge in [0.15, 0.2) is 11.9 Å². The first kappa shape index (κ1) is 14.8. The lowest BCUT2D eigenvalue weighted by atomic mass is 9.96. The second-order valence-corrected chi connectivity index (χ2v) is 6.86. The van der Waals surface area contributed by atoms with Crippen molar-refractivity contribution in [3.05, 3.63) is 33.1 Å². The summed E-state index contributed by atoms with van der Waals surface area (Å²) in [4.78, 5) is 24.3. The highest BCUT2D eigenvalue weighted by atomic mass is 35.5. The Hall–Kier alpha value is -1.10. The molecule has 0 N–H and O–H groups in total. The minimum atomic E-state index is -0.629. The second-order valence-electron chi connectivity index (χ2n) is 4.99. The summed E-state index contributed by atoms with van der Waals surface area (Å²) in [5, 5.41) is 1.72. The average molecular weight is 343 g/mol. The molecular formula is C15H12Cl2O3S. The summed E-state index contributed by atoms with van der Waals surface area (Å²) in [5.74, 6) is -0.535. The minimum absolute atomic E-state index is 0.00474. The van der Waals surface area contributed by atoms with E-state index >= 15 is 0 Å². The van der Waals surface area contributed by atoms with Crippen molar-refractivity contribution in [2.45, 2.75) is 31.8 Å². The molecule has 2 aromatic rings. The third-order valence-corrected chi connectivity index (χ3v) is 5.40. The molecule has 21 heavy (non-hydrogen) atoms. The van der Waals surface area contributed by atoms with Crippen molar-refractivity contribution in [3.63, 3.8) is 0 Å². The molecule has 6 heteroatoms. The average Bonchev–Trinajstić information content (AvgIpc) is 2.78. The van der Waals surface area contributed by atoms with Gasteiger partial charge in [0, 0.05) is 21.5 Å². The van der Waals surface area contributed by atoms with E-state index in [1.807, 2.05) is 0 Å². The molecule has 3 rings (SSSR count). The van der Waals surface area contributed by atoms with Gasteiger partial charge in [-0.15, -0.1) is 11.3 Å². The van der Waals surface area contributed by atoms with Gasteiger partial charge in [-0.2, -0.15) is 0 Å². The highest BCUT2D eigenvalue weighted by molar-refractivity contribution is 7.21. The number of hydrogen-bond acceptors (Lipinski definition) is 4. The van der Waals surface area contributed by atoms with Crippen molar-refractivity contribution < 1.29 is 14.3 Å². The Bertz CT molecular complexity index is 723. The smallest absolute Gasteiger partial charge is 0.350 e. The Kier molecular flexibility index (Phi) is 4.20. The van der Waals surface area contributed by atoms with Gasteiger partial charge >= 0.3 is 5.97 Å². The Morgan fingerprint density at radius 2 is 2.10 bits per heavy atom. The topological polar surface area (TPSA) is 43.4 Å². The number of fused-ring (bicyclic) bond motifs is 1. The van der Waals surface area contributed by atoms with Crippen LogP contribution >= 0.6 is 34.5 Å². The van der Waals surface area contributed by atoms with E-state index < -0.39 is 12.1 Å². The van der Waals surface area contributed by atoms with Gasteiger partial charge in [-0.1, -0.05) is 29.3 Å². The summed E-state index contributed by atoms with van der Waals surface area (Å²) < 4.78 is 6.16. The Labute approximate surface area is 135 Å². The summed E-state index contributed by atoms with van der Waals surface area (Å²) in [5.41, 5.74) is 0. The molecular weight excluding hydrogens is 331 g/mol. The van der Waals surface area contributed by atoms with Gasteiger partial charge in [-0.25, -0.2) is 4.79 Å². The van der Waals surface area contributed by atoms with Crippen molar-refractivity contribution >= 4 is 56.4 Å². The van der Waals surface area contributed by atoms with Crippen LogP contribution in [0.5, 0.6) is 0 Å². The van der Waals surface area contributed by atoms with Gasteiger partial charge in [0.1, 0.15) is 4.88 Å².